The topological polar surface area (TPSA) is 157 Å². The fourth-order valence-corrected chi connectivity index (χ4v) is 6.15. The van der Waals surface area contributed by atoms with Crippen molar-refractivity contribution in [2.45, 2.75) is 76.2 Å². The molecular formula is C26H34N8O3S. The van der Waals surface area contributed by atoms with Crippen molar-refractivity contribution in [2.75, 3.05) is 23.7 Å². The molecule has 11 nitrogen and oxygen atoms in total. The molecule has 3 aromatic rings. The van der Waals surface area contributed by atoms with Crippen LogP contribution in [0.15, 0.2) is 12.3 Å². The number of urea groups is 1. The van der Waals surface area contributed by atoms with Crippen LogP contribution in [0.3, 0.4) is 0 Å². The lowest BCUT2D eigenvalue weighted by atomic mass is 10.1. The highest BCUT2D eigenvalue weighted by Crippen LogP contribution is 2.44. The SMILES string of the molecule is CCNC(=O)N[C@H]1C[C@@H](Nc2nc(NCC3CC3)nc(C)c2-c2nc3c(C4CC4)nccc3s2)[C@H](O)[C@@H]1O. The predicted molar refractivity (Wildman–Crippen MR) is 146 cm³/mol. The molecule has 3 aromatic heterocycles. The summed E-state index contributed by atoms with van der Waals surface area (Å²) < 4.78 is 1.07. The summed E-state index contributed by atoms with van der Waals surface area (Å²) in [6, 6.07) is 0.497. The quantitative estimate of drug-likeness (QED) is 0.241. The molecule has 3 heterocycles. The van der Waals surface area contributed by atoms with Crippen LogP contribution < -0.4 is 21.3 Å². The zero-order chi connectivity index (χ0) is 26.4. The predicted octanol–water partition coefficient (Wildman–Crippen LogP) is 2.75. The van der Waals surface area contributed by atoms with E-state index in [4.69, 9.17) is 15.0 Å². The molecule has 38 heavy (non-hydrogen) atoms. The van der Waals surface area contributed by atoms with Crippen molar-refractivity contribution in [1.29, 1.82) is 0 Å². The van der Waals surface area contributed by atoms with Crippen molar-refractivity contribution in [2.24, 2.45) is 5.92 Å². The second-order valence-corrected chi connectivity index (χ2v) is 11.6. The third-order valence-electron chi connectivity index (χ3n) is 7.51. The first kappa shape index (κ1) is 25.2. The van der Waals surface area contributed by atoms with Gasteiger partial charge < -0.3 is 31.5 Å². The molecule has 12 heteroatoms. The Balaban J connectivity index is 1.33. The average molecular weight is 539 g/mol. The number of pyridine rings is 1. The number of carbonyl (C=O) groups excluding carboxylic acids is 1. The Morgan fingerprint density at radius 1 is 1.11 bits per heavy atom. The molecule has 0 saturated heterocycles. The number of anilines is 2. The van der Waals surface area contributed by atoms with E-state index in [1.54, 1.807) is 11.3 Å². The molecule has 0 spiro atoms. The van der Waals surface area contributed by atoms with Crippen LogP contribution in [-0.2, 0) is 0 Å². The second kappa shape index (κ2) is 10.2. The summed E-state index contributed by atoms with van der Waals surface area (Å²) in [5.41, 5.74) is 3.52. The van der Waals surface area contributed by atoms with Crippen molar-refractivity contribution in [1.82, 2.24) is 30.6 Å². The number of aryl methyl sites for hydroxylation is 1. The molecule has 0 radical (unpaired) electrons. The lowest BCUT2D eigenvalue weighted by Gasteiger charge is -2.21. The fraction of sp³-hybridized carbons (Fsp3) is 0.577. The highest BCUT2D eigenvalue weighted by Gasteiger charge is 2.43. The normalized spacial score (nSPS) is 24.9. The number of aliphatic hydroxyl groups is 2. The smallest absolute Gasteiger partial charge is 0.315 e. The third kappa shape index (κ3) is 5.12. The summed E-state index contributed by atoms with van der Waals surface area (Å²) in [6.45, 7) is 5.05. The maximum Gasteiger partial charge on any atom is 0.315 e. The summed E-state index contributed by atoms with van der Waals surface area (Å²) in [5, 5.41) is 34.5. The number of aliphatic hydroxyl groups excluding tert-OH is 2. The first-order chi connectivity index (χ1) is 18.4. The monoisotopic (exact) mass is 538 g/mol. The van der Waals surface area contributed by atoms with Crippen LogP contribution >= 0.6 is 11.3 Å². The minimum absolute atomic E-state index is 0.336. The number of amides is 2. The zero-order valence-electron chi connectivity index (χ0n) is 21.6. The number of aromatic nitrogens is 4. The minimum Gasteiger partial charge on any atom is -0.388 e. The standard InChI is InChI=1S/C26H34N8O3S/c1-3-27-26(37)32-16-10-15(21(35)22(16)36)31-23-18(12(2)30-25(34-23)29-11-13-4-5-13)24-33-20-17(38-24)8-9-28-19(20)14-6-7-14/h8-9,13-16,21-22,35-36H,3-7,10-11H2,1-2H3,(H2,27,32,37)(H2,29,30,31,34)/t15-,16+,21+,22-/m1/s1. The second-order valence-electron chi connectivity index (χ2n) is 10.6. The van der Waals surface area contributed by atoms with E-state index in [1.807, 2.05) is 26.1 Å². The molecule has 2 amide bonds. The molecular weight excluding hydrogens is 504 g/mol. The lowest BCUT2D eigenvalue weighted by molar-refractivity contribution is 0.0282. The van der Waals surface area contributed by atoms with Crippen LogP contribution in [0.2, 0.25) is 0 Å². The van der Waals surface area contributed by atoms with E-state index in [9.17, 15) is 15.0 Å². The molecule has 202 valence electrons. The van der Waals surface area contributed by atoms with Crippen LogP contribution in [0.1, 0.15) is 56.3 Å². The molecule has 0 aromatic carbocycles. The van der Waals surface area contributed by atoms with Gasteiger partial charge in [-0.3, -0.25) is 4.98 Å². The van der Waals surface area contributed by atoms with Crippen LogP contribution in [0.25, 0.3) is 20.8 Å². The number of thiazole rings is 1. The lowest BCUT2D eigenvalue weighted by Crippen LogP contribution is -2.47. The van der Waals surface area contributed by atoms with Gasteiger partial charge in [0.05, 0.1) is 33.7 Å². The molecule has 0 aliphatic heterocycles. The number of nitrogens with zero attached hydrogens (tertiary/aromatic N) is 4. The van der Waals surface area contributed by atoms with E-state index in [0.29, 0.717) is 36.6 Å². The molecule has 3 aliphatic carbocycles. The van der Waals surface area contributed by atoms with Crippen LogP contribution in [0, 0.1) is 12.8 Å². The van der Waals surface area contributed by atoms with Gasteiger partial charge in [0, 0.05) is 25.2 Å². The number of hydrogen-bond donors (Lipinski definition) is 6. The van der Waals surface area contributed by atoms with Crippen molar-refractivity contribution in [3.8, 4) is 10.6 Å². The Labute approximate surface area is 224 Å². The number of rotatable bonds is 9. The number of hydrogen-bond acceptors (Lipinski definition) is 10. The highest BCUT2D eigenvalue weighted by atomic mass is 32.1. The molecule has 0 unspecified atom stereocenters. The van der Waals surface area contributed by atoms with E-state index in [1.165, 1.54) is 12.8 Å². The van der Waals surface area contributed by atoms with E-state index < -0.39 is 24.3 Å². The van der Waals surface area contributed by atoms with Gasteiger partial charge in [-0.25, -0.2) is 14.8 Å². The van der Waals surface area contributed by atoms with Crippen molar-refractivity contribution in [3.05, 3.63) is 23.7 Å². The van der Waals surface area contributed by atoms with Gasteiger partial charge >= 0.3 is 6.03 Å². The summed E-state index contributed by atoms with van der Waals surface area (Å²) in [7, 11) is 0. The Morgan fingerprint density at radius 3 is 2.63 bits per heavy atom. The van der Waals surface area contributed by atoms with Crippen molar-refractivity contribution < 1.29 is 15.0 Å². The van der Waals surface area contributed by atoms with Crippen LogP contribution in [0.5, 0.6) is 0 Å². The van der Waals surface area contributed by atoms with Crippen LogP contribution in [-0.4, -0.2) is 73.6 Å². The summed E-state index contributed by atoms with van der Waals surface area (Å²) in [5.74, 6) is 2.19. The first-order valence-electron chi connectivity index (χ1n) is 13.5. The Bertz CT molecular complexity index is 1340. The molecule has 3 aliphatic rings. The summed E-state index contributed by atoms with van der Waals surface area (Å²) in [4.78, 5) is 31.2. The Kier molecular flexibility index (Phi) is 6.79. The van der Waals surface area contributed by atoms with E-state index in [0.717, 1.165) is 51.6 Å². The molecule has 6 N–H and O–H groups in total. The zero-order valence-corrected chi connectivity index (χ0v) is 22.4. The van der Waals surface area contributed by atoms with Crippen molar-refractivity contribution >= 4 is 39.4 Å². The molecule has 3 fully saturated rings. The first-order valence-corrected chi connectivity index (χ1v) is 14.3. The van der Waals surface area contributed by atoms with Crippen LogP contribution in [0.4, 0.5) is 16.6 Å². The van der Waals surface area contributed by atoms with Gasteiger partial charge in [0.2, 0.25) is 5.95 Å². The number of carbonyl (C=O) groups is 1. The third-order valence-corrected chi connectivity index (χ3v) is 8.55. The molecule has 6 rings (SSSR count). The minimum atomic E-state index is -1.11. The average Bonchev–Trinajstić information content (AvgIpc) is 3.82. The van der Waals surface area contributed by atoms with Gasteiger partial charge in [0.1, 0.15) is 28.6 Å². The fourth-order valence-electron chi connectivity index (χ4n) is 5.08. The Hall–Kier alpha value is -3.09. The van der Waals surface area contributed by atoms with Gasteiger partial charge in [0.25, 0.3) is 0 Å². The number of fused-ring (bicyclic) bond motifs is 1. The van der Waals surface area contributed by atoms with Gasteiger partial charge in [-0.05, 0) is 57.9 Å². The molecule has 4 atom stereocenters. The van der Waals surface area contributed by atoms with E-state index >= 15 is 0 Å². The highest BCUT2D eigenvalue weighted by molar-refractivity contribution is 7.21. The Morgan fingerprint density at radius 2 is 1.89 bits per heavy atom. The summed E-state index contributed by atoms with van der Waals surface area (Å²) >= 11 is 1.58. The van der Waals surface area contributed by atoms with E-state index in [-0.39, 0.29) is 6.03 Å². The molecule has 3 saturated carbocycles. The molecule has 0 bridgehead atoms. The van der Waals surface area contributed by atoms with Gasteiger partial charge in [-0.1, -0.05) is 0 Å². The van der Waals surface area contributed by atoms with E-state index in [2.05, 4.69) is 26.3 Å². The van der Waals surface area contributed by atoms with Gasteiger partial charge in [-0.15, -0.1) is 11.3 Å². The number of nitrogens with one attached hydrogen (secondary N) is 4. The van der Waals surface area contributed by atoms with Gasteiger partial charge in [0.15, 0.2) is 0 Å². The maximum absolute atomic E-state index is 12.1. The maximum atomic E-state index is 12.1. The van der Waals surface area contributed by atoms with Crippen molar-refractivity contribution in [3.63, 3.8) is 0 Å². The summed E-state index contributed by atoms with van der Waals surface area (Å²) in [6.07, 6.45) is 4.70. The van der Waals surface area contributed by atoms with Gasteiger partial charge in [-0.2, -0.15) is 4.98 Å². The largest absolute Gasteiger partial charge is 0.388 e.